The van der Waals surface area contributed by atoms with E-state index in [1.807, 2.05) is 27.7 Å². The molecule has 3 aliphatic rings. The molecule has 0 N–H and O–H groups in total. The van der Waals surface area contributed by atoms with Gasteiger partial charge in [0.05, 0.1) is 20.4 Å². The molecule has 0 spiro atoms. The lowest BCUT2D eigenvalue weighted by Crippen LogP contribution is -2.37. The Hall–Kier alpha value is -3.86. The fraction of sp³-hybridized carbons (Fsp3) is 0.379. The van der Waals surface area contributed by atoms with Crippen LogP contribution < -0.4 is 4.74 Å². The Balaban J connectivity index is 1.57. The van der Waals surface area contributed by atoms with E-state index in [-0.39, 0.29) is 33.9 Å². The molecule has 0 unspecified atom stereocenters. The monoisotopic (exact) mass is 610 g/mol. The molecule has 2 aromatic rings. The number of allylic oxidation sites excluding steroid dienone is 4. The van der Waals surface area contributed by atoms with Crippen LogP contribution in [0.2, 0.25) is 0 Å². The van der Waals surface area contributed by atoms with Gasteiger partial charge in [0, 0.05) is 48.8 Å². The fourth-order valence-electron chi connectivity index (χ4n) is 5.75. The van der Waals surface area contributed by atoms with E-state index in [0.717, 1.165) is 12.1 Å². The molecule has 2 aliphatic carbocycles. The van der Waals surface area contributed by atoms with E-state index >= 15 is 0 Å². The Bertz CT molecular complexity index is 1520. The van der Waals surface area contributed by atoms with Crippen LogP contribution in [0, 0.1) is 31.1 Å². The van der Waals surface area contributed by atoms with E-state index < -0.39 is 27.1 Å². The van der Waals surface area contributed by atoms with Gasteiger partial charge in [-0.3, -0.25) is 29.8 Å². The summed E-state index contributed by atoms with van der Waals surface area (Å²) in [6.45, 7) is 8.08. The number of carbonyl (C=O) groups is 2. The van der Waals surface area contributed by atoms with Crippen LogP contribution in [0.5, 0.6) is 11.5 Å². The maximum atomic E-state index is 13.5. The Kier molecular flexibility index (Phi) is 6.68. The van der Waals surface area contributed by atoms with Crippen molar-refractivity contribution in [3.05, 3.63) is 89.3 Å². The van der Waals surface area contributed by atoms with Crippen LogP contribution in [-0.2, 0) is 14.3 Å². The zero-order valence-electron chi connectivity index (χ0n) is 22.4. The number of ether oxygens (including phenoxy) is 2. The van der Waals surface area contributed by atoms with Gasteiger partial charge in [-0.2, -0.15) is 0 Å². The lowest BCUT2D eigenvalue weighted by molar-refractivity contribution is -0.394. The third-order valence-corrected chi connectivity index (χ3v) is 8.06. The average Bonchev–Trinajstić information content (AvgIpc) is 2.82. The molecule has 2 aromatic carbocycles. The Labute approximate surface area is 238 Å². The first-order chi connectivity index (χ1) is 18.7. The van der Waals surface area contributed by atoms with Gasteiger partial charge in [0.25, 0.3) is 5.69 Å². The first-order valence-corrected chi connectivity index (χ1v) is 13.6. The first kappa shape index (κ1) is 27.7. The quantitative estimate of drug-likeness (QED) is 0.251. The van der Waals surface area contributed by atoms with Crippen molar-refractivity contribution < 1.29 is 28.9 Å². The predicted molar refractivity (Wildman–Crippen MR) is 148 cm³/mol. The summed E-state index contributed by atoms with van der Waals surface area (Å²) in [5, 5.41) is 22.6. The van der Waals surface area contributed by atoms with Crippen LogP contribution >= 0.6 is 15.9 Å². The zero-order chi connectivity index (χ0) is 29.1. The number of hydrogen-bond donors (Lipinski definition) is 0. The van der Waals surface area contributed by atoms with Crippen molar-refractivity contribution in [2.24, 2.45) is 10.8 Å². The molecule has 0 bridgehead atoms. The SMILES string of the molecule is CC1(C)CC(=O)C2=C(C1)OC1=C(C(=O)CC(C)(C)C1)C2c1ccc(Oc2ccc([N+](=O)[O-])cc2[N+](=O)[O-])c(Br)c1. The lowest BCUT2D eigenvalue weighted by Gasteiger charge is -2.42. The highest BCUT2D eigenvalue weighted by Gasteiger charge is 2.47. The largest absolute Gasteiger partial charge is 0.465 e. The number of nitro benzene ring substituents is 2. The first-order valence-electron chi connectivity index (χ1n) is 12.8. The average molecular weight is 611 g/mol. The smallest absolute Gasteiger partial charge is 0.318 e. The minimum atomic E-state index is -0.749. The Morgan fingerprint density at radius 3 is 1.88 bits per heavy atom. The van der Waals surface area contributed by atoms with Crippen LogP contribution in [0.4, 0.5) is 11.4 Å². The summed E-state index contributed by atoms with van der Waals surface area (Å²) >= 11 is 3.48. The molecule has 0 radical (unpaired) electrons. The number of Topliss-reactive ketones (excluding diaryl/α,β-unsaturated/α-hetero) is 2. The molecule has 5 rings (SSSR count). The molecule has 208 valence electrons. The highest BCUT2D eigenvalue weighted by atomic mass is 79.9. The number of nitro groups is 2. The third-order valence-electron chi connectivity index (χ3n) is 7.44. The summed E-state index contributed by atoms with van der Waals surface area (Å²) in [4.78, 5) is 48.1. The molecule has 40 heavy (non-hydrogen) atoms. The molecule has 0 saturated heterocycles. The van der Waals surface area contributed by atoms with Gasteiger partial charge >= 0.3 is 5.69 Å². The number of halogens is 1. The van der Waals surface area contributed by atoms with E-state index in [1.165, 1.54) is 6.07 Å². The summed E-state index contributed by atoms with van der Waals surface area (Å²) in [5.41, 5.74) is 0.152. The van der Waals surface area contributed by atoms with Crippen molar-refractivity contribution in [2.75, 3.05) is 0 Å². The molecule has 1 aliphatic heterocycles. The van der Waals surface area contributed by atoms with Gasteiger partial charge < -0.3 is 9.47 Å². The van der Waals surface area contributed by atoms with Gasteiger partial charge in [-0.15, -0.1) is 0 Å². The summed E-state index contributed by atoms with van der Waals surface area (Å²) in [6.07, 6.45) is 1.81. The second-order valence-electron chi connectivity index (χ2n) is 12.0. The third kappa shape index (κ3) is 5.05. The molecule has 0 saturated carbocycles. The molecule has 11 heteroatoms. The van der Waals surface area contributed by atoms with Gasteiger partial charge in [0.2, 0.25) is 5.75 Å². The zero-order valence-corrected chi connectivity index (χ0v) is 24.0. The summed E-state index contributed by atoms with van der Waals surface area (Å²) in [6, 6.07) is 8.19. The van der Waals surface area contributed by atoms with Gasteiger partial charge in [-0.25, -0.2) is 0 Å². The van der Waals surface area contributed by atoms with Gasteiger partial charge in [0.1, 0.15) is 17.3 Å². The van der Waals surface area contributed by atoms with E-state index in [9.17, 15) is 29.8 Å². The number of nitrogens with zero attached hydrogens (tertiary/aromatic N) is 2. The second kappa shape index (κ2) is 9.65. The van der Waals surface area contributed by atoms with Crippen LogP contribution in [-0.4, -0.2) is 21.4 Å². The minimum absolute atomic E-state index is 0.0570. The molecule has 0 atom stereocenters. The Morgan fingerprint density at radius 1 is 0.825 bits per heavy atom. The molecule has 0 fully saturated rings. The molecular weight excluding hydrogens is 584 g/mol. The Morgan fingerprint density at radius 2 is 1.38 bits per heavy atom. The summed E-state index contributed by atoms with van der Waals surface area (Å²) in [7, 11) is 0. The topological polar surface area (TPSA) is 139 Å². The van der Waals surface area contributed by atoms with Crippen molar-refractivity contribution >= 4 is 38.9 Å². The summed E-state index contributed by atoms with van der Waals surface area (Å²) in [5.74, 6) is 0.548. The standard InChI is InChI=1S/C29H27BrN2O8/c1-28(2)11-19(33)26-23(13-28)40-24-14-29(3,4)12-20(34)27(24)25(26)15-5-7-21(17(30)9-15)39-22-8-6-16(31(35)36)10-18(22)32(37)38/h5-10,25H,11-14H2,1-4H3. The molecule has 1 heterocycles. The maximum absolute atomic E-state index is 13.5. The van der Waals surface area contributed by atoms with Crippen LogP contribution in [0.25, 0.3) is 0 Å². The van der Waals surface area contributed by atoms with Crippen molar-refractivity contribution in [3.8, 4) is 11.5 Å². The highest BCUT2D eigenvalue weighted by Crippen LogP contribution is 2.53. The number of carbonyl (C=O) groups excluding carboxylic acids is 2. The number of rotatable bonds is 5. The van der Waals surface area contributed by atoms with Crippen LogP contribution in [0.3, 0.4) is 0 Å². The van der Waals surface area contributed by atoms with Crippen molar-refractivity contribution in [3.63, 3.8) is 0 Å². The highest BCUT2D eigenvalue weighted by molar-refractivity contribution is 9.10. The van der Waals surface area contributed by atoms with Crippen LogP contribution in [0.15, 0.2) is 63.5 Å². The van der Waals surface area contributed by atoms with Crippen LogP contribution in [0.1, 0.15) is 64.9 Å². The fourth-order valence-corrected chi connectivity index (χ4v) is 6.23. The number of non-ortho nitro benzene ring substituents is 1. The van der Waals surface area contributed by atoms with E-state index in [4.69, 9.17) is 9.47 Å². The van der Waals surface area contributed by atoms with E-state index in [0.29, 0.717) is 58.4 Å². The molecule has 0 amide bonds. The maximum Gasteiger partial charge on any atom is 0.318 e. The molecule has 10 nitrogen and oxygen atoms in total. The van der Waals surface area contributed by atoms with Crippen molar-refractivity contribution in [1.82, 2.24) is 0 Å². The molecular formula is C29H27BrN2O8. The molecule has 0 aromatic heterocycles. The van der Waals surface area contributed by atoms with E-state index in [2.05, 4.69) is 15.9 Å². The van der Waals surface area contributed by atoms with Crippen molar-refractivity contribution in [1.29, 1.82) is 0 Å². The number of hydrogen-bond acceptors (Lipinski definition) is 8. The second-order valence-corrected chi connectivity index (χ2v) is 12.9. The van der Waals surface area contributed by atoms with Gasteiger partial charge in [0.15, 0.2) is 11.6 Å². The minimum Gasteiger partial charge on any atom is -0.465 e. The van der Waals surface area contributed by atoms with Crippen molar-refractivity contribution in [2.45, 2.75) is 59.3 Å². The number of benzene rings is 2. The lowest BCUT2D eigenvalue weighted by atomic mass is 9.65. The van der Waals surface area contributed by atoms with E-state index in [1.54, 1.807) is 18.2 Å². The number of ketones is 2. The van der Waals surface area contributed by atoms with Gasteiger partial charge in [-0.05, 0) is 50.5 Å². The normalized spacial score (nSPS) is 20.0. The predicted octanol–water partition coefficient (Wildman–Crippen LogP) is 7.46. The van der Waals surface area contributed by atoms with Gasteiger partial charge in [-0.1, -0.05) is 33.8 Å². The summed E-state index contributed by atoms with van der Waals surface area (Å²) < 4.78 is 12.5.